The van der Waals surface area contributed by atoms with E-state index < -0.39 is 20.0 Å². The van der Waals surface area contributed by atoms with Gasteiger partial charge in [0.1, 0.15) is 0 Å². The molecular weight excluding hydrogens is 444 g/mol. The molecule has 0 atom stereocenters. The molecule has 0 aromatic heterocycles. The number of benzene rings is 4. The predicted molar refractivity (Wildman–Crippen MR) is 128 cm³/mol. The Kier molecular flexibility index (Phi) is 5.66. The Labute approximate surface area is 188 Å². The monoisotopic (exact) mass is 466 g/mol. The van der Waals surface area contributed by atoms with Gasteiger partial charge in [0.05, 0.1) is 15.5 Å². The first-order valence-electron chi connectivity index (χ1n) is 9.86. The first-order chi connectivity index (χ1) is 15.1. The largest absolute Gasteiger partial charge is 0.280 e. The molecule has 0 saturated heterocycles. The summed E-state index contributed by atoms with van der Waals surface area (Å²) >= 11 is 0. The first kappa shape index (κ1) is 21.9. The Morgan fingerprint density at radius 1 is 0.594 bits per heavy atom. The van der Waals surface area contributed by atoms with Gasteiger partial charge >= 0.3 is 0 Å². The molecule has 32 heavy (non-hydrogen) atoms. The lowest BCUT2D eigenvalue weighted by Gasteiger charge is -2.14. The minimum atomic E-state index is -3.92. The number of anilines is 2. The van der Waals surface area contributed by atoms with E-state index in [-0.39, 0.29) is 15.5 Å². The Bertz CT molecular complexity index is 1530. The summed E-state index contributed by atoms with van der Waals surface area (Å²) in [6.07, 6.45) is 0. The van der Waals surface area contributed by atoms with Crippen molar-refractivity contribution in [2.24, 2.45) is 0 Å². The SMILES string of the molecule is Cc1cccc(NS(=O)(=O)c2ccc(C)c(NS(=O)(=O)c3ccc4ccccc4c3)c2)c1. The highest BCUT2D eigenvalue weighted by Crippen LogP contribution is 2.26. The summed E-state index contributed by atoms with van der Waals surface area (Å²) in [5.74, 6) is 0. The van der Waals surface area contributed by atoms with Crippen LogP contribution in [0.25, 0.3) is 10.8 Å². The van der Waals surface area contributed by atoms with Crippen molar-refractivity contribution in [2.45, 2.75) is 23.6 Å². The highest BCUT2D eigenvalue weighted by atomic mass is 32.2. The lowest BCUT2D eigenvalue weighted by molar-refractivity contribution is 0.598. The van der Waals surface area contributed by atoms with Crippen molar-refractivity contribution >= 4 is 42.2 Å². The van der Waals surface area contributed by atoms with Crippen molar-refractivity contribution in [1.82, 2.24) is 0 Å². The molecule has 0 amide bonds. The molecule has 4 aromatic rings. The summed E-state index contributed by atoms with van der Waals surface area (Å²) in [7, 11) is -7.82. The van der Waals surface area contributed by atoms with Crippen molar-refractivity contribution in [3.63, 3.8) is 0 Å². The van der Waals surface area contributed by atoms with E-state index in [1.807, 2.05) is 37.3 Å². The van der Waals surface area contributed by atoms with Crippen LogP contribution >= 0.6 is 0 Å². The lowest BCUT2D eigenvalue weighted by Crippen LogP contribution is -2.16. The average molecular weight is 467 g/mol. The Hall–Kier alpha value is -3.36. The second-order valence-corrected chi connectivity index (χ2v) is 10.9. The van der Waals surface area contributed by atoms with E-state index in [0.29, 0.717) is 11.3 Å². The Morgan fingerprint density at radius 2 is 1.25 bits per heavy atom. The van der Waals surface area contributed by atoms with Crippen LogP contribution in [0.4, 0.5) is 11.4 Å². The third kappa shape index (κ3) is 4.61. The van der Waals surface area contributed by atoms with E-state index in [1.165, 1.54) is 18.2 Å². The van der Waals surface area contributed by atoms with Crippen LogP contribution in [0.1, 0.15) is 11.1 Å². The zero-order valence-electron chi connectivity index (χ0n) is 17.5. The van der Waals surface area contributed by atoms with Crippen LogP contribution in [0.2, 0.25) is 0 Å². The Morgan fingerprint density at radius 3 is 2.00 bits per heavy atom. The average Bonchev–Trinajstić information content (AvgIpc) is 2.74. The van der Waals surface area contributed by atoms with Crippen molar-refractivity contribution in [3.05, 3.63) is 96.1 Å². The van der Waals surface area contributed by atoms with E-state index in [4.69, 9.17) is 0 Å². The predicted octanol–water partition coefficient (Wildman–Crippen LogP) is 5.06. The van der Waals surface area contributed by atoms with Gasteiger partial charge in [0, 0.05) is 5.69 Å². The number of nitrogens with one attached hydrogen (secondary N) is 2. The molecule has 0 spiro atoms. The summed E-state index contributed by atoms with van der Waals surface area (Å²) in [5, 5.41) is 1.73. The second kappa shape index (κ2) is 8.29. The van der Waals surface area contributed by atoms with Gasteiger partial charge < -0.3 is 0 Å². The molecule has 0 fully saturated rings. The Balaban J connectivity index is 1.66. The highest BCUT2D eigenvalue weighted by molar-refractivity contribution is 7.93. The van der Waals surface area contributed by atoms with Crippen LogP contribution in [0.5, 0.6) is 0 Å². The van der Waals surface area contributed by atoms with Crippen LogP contribution in [0, 0.1) is 13.8 Å². The maximum absolute atomic E-state index is 13.0. The first-order valence-corrected chi connectivity index (χ1v) is 12.8. The van der Waals surface area contributed by atoms with Crippen molar-refractivity contribution in [2.75, 3.05) is 9.44 Å². The summed E-state index contributed by atoms with van der Waals surface area (Å²) in [5.41, 5.74) is 2.15. The second-order valence-electron chi connectivity index (χ2n) is 7.57. The fraction of sp³-hybridized carbons (Fsp3) is 0.0833. The molecule has 8 heteroatoms. The summed E-state index contributed by atoms with van der Waals surface area (Å²) in [6, 6.07) is 23.7. The van der Waals surface area contributed by atoms with Crippen molar-refractivity contribution in [3.8, 4) is 0 Å². The molecule has 0 unspecified atom stereocenters. The van der Waals surface area contributed by atoms with Gasteiger partial charge in [-0.3, -0.25) is 9.44 Å². The van der Waals surface area contributed by atoms with Gasteiger partial charge in [-0.25, -0.2) is 16.8 Å². The third-order valence-electron chi connectivity index (χ3n) is 5.07. The van der Waals surface area contributed by atoms with Gasteiger partial charge in [0.2, 0.25) is 0 Å². The topological polar surface area (TPSA) is 92.3 Å². The van der Waals surface area contributed by atoms with E-state index in [9.17, 15) is 16.8 Å². The van der Waals surface area contributed by atoms with Gasteiger partial charge in [-0.05, 0) is 72.1 Å². The maximum Gasteiger partial charge on any atom is 0.261 e. The molecule has 4 aromatic carbocycles. The smallest absolute Gasteiger partial charge is 0.261 e. The molecule has 0 bridgehead atoms. The number of hydrogen-bond acceptors (Lipinski definition) is 4. The summed E-state index contributed by atoms with van der Waals surface area (Å²) in [4.78, 5) is 0.0579. The molecule has 0 aliphatic heterocycles. The van der Waals surface area contributed by atoms with Crippen molar-refractivity contribution in [1.29, 1.82) is 0 Å². The highest BCUT2D eigenvalue weighted by Gasteiger charge is 2.20. The van der Waals surface area contributed by atoms with Crippen LogP contribution in [0.15, 0.2) is 94.7 Å². The maximum atomic E-state index is 13.0. The number of hydrogen-bond donors (Lipinski definition) is 2. The molecule has 0 saturated carbocycles. The van der Waals surface area contributed by atoms with Gasteiger partial charge in [-0.2, -0.15) is 0 Å². The molecule has 0 radical (unpaired) electrons. The minimum Gasteiger partial charge on any atom is -0.280 e. The summed E-state index contributed by atoms with van der Waals surface area (Å²) in [6.45, 7) is 3.58. The quantitative estimate of drug-likeness (QED) is 0.416. The molecule has 2 N–H and O–H groups in total. The molecular formula is C24H22N2O4S2. The number of aryl methyl sites for hydroxylation is 2. The minimum absolute atomic E-state index is 0.0409. The van der Waals surface area contributed by atoms with Crippen molar-refractivity contribution < 1.29 is 16.8 Å². The van der Waals surface area contributed by atoms with Crippen LogP contribution < -0.4 is 9.44 Å². The molecule has 0 aliphatic carbocycles. The number of rotatable bonds is 6. The van der Waals surface area contributed by atoms with Crippen LogP contribution in [0.3, 0.4) is 0 Å². The normalized spacial score (nSPS) is 11.9. The zero-order chi connectivity index (χ0) is 22.9. The van der Waals surface area contributed by atoms with E-state index in [1.54, 1.807) is 43.3 Å². The number of fused-ring (bicyclic) bond motifs is 1. The van der Waals surface area contributed by atoms with Crippen LogP contribution in [-0.4, -0.2) is 16.8 Å². The van der Waals surface area contributed by atoms with E-state index >= 15 is 0 Å². The lowest BCUT2D eigenvalue weighted by atomic mass is 10.1. The fourth-order valence-corrected chi connectivity index (χ4v) is 5.57. The van der Waals surface area contributed by atoms with E-state index in [2.05, 4.69) is 9.44 Å². The third-order valence-corrected chi connectivity index (χ3v) is 7.81. The fourth-order valence-electron chi connectivity index (χ4n) is 3.34. The standard InChI is InChI=1S/C24H22N2O4S2/c1-17-6-5-9-21(14-17)25-31(27,28)23-12-10-18(2)24(16-23)26-32(29,30)22-13-11-19-7-3-4-8-20(19)15-22/h3-16,25-26H,1-2H3. The summed E-state index contributed by atoms with van der Waals surface area (Å²) < 4.78 is 56.8. The molecule has 0 heterocycles. The zero-order valence-corrected chi connectivity index (χ0v) is 19.2. The molecule has 4 rings (SSSR count). The van der Waals surface area contributed by atoms with Crippen LogP contribution in [-0.2, 0) is 20.0 Å². The molecule has 0 aliphatic rings. The van der Waals surface area contributed by atoms with E-state index in [0.717, 1.165) is 16.3 Å². The van der Waals surface area contributed by atoms with Gasteiger partial charge in [-0.1, -0.05) is 48.5 Å². The van der Waals surface area contributed by atoms with Gasteiger partial charge in [-0.15, -0.1) is 0 Å². The van der Waals surface area contributed by atoms with Gasteiger partial charge in [0.25, 0.3) is 20.0 Å². The van der Waals surface area contributed by atoms with Gasteiger partial charge in [0.15, 0.2) is 0 Å². The molecule has 6 nitrogen and oxygen atoms in total. The number of sulfonamides is 2. The molecule has 164 valence electrons.